The summed E-state index contributed by atoms with van der Waals surface area (Å²) < 4.78 is 5.20. The van der Waals surface area contributed by atoms with Crippen LogP contribution in [0.25, 0.3) is 0 Å². The molecule has 1 amide bonds. The van der Waals surface area contributed by atoms with Crippen LogP contribution in [-0.2, 0) is 4.74 Å². The van der Waals surface area contributed by atoms with E-state index in [1.807, 2.05) is 4.90 Å². The molecule has 26 heavy (non-hydrogen) atoms. The Morgan fingerprint density at radius 2 is 2.12 bits per heavy atom. The Kier molecular flexibility index (Phi) is 6.25. The van der Waals surface area contributed by atoms with Gasteiger partial charge in [0.25, 0.3) is 0 Å². The largest absolute Gasteiger partial charge is 0.443 e. The van der Waals surface area contributed by atoms with Gasteiger partial charge >= 0.3 is 11.8 Å². The highest BCUT2D eigenvalue weighted by Crippen LogP contribution is 2.36. The lowest BCUT2D eigenvalue weighted by atomic mass is 10.0. The first kappa shape index (κ1) is 19.8. The highest BCUT2D eigenvalue weighted by atomic mass is 16.6. The topological polar surface area (TPSA) is 109 Å². The zero-order valence-corrected chi connectivity index (χ0v) is 15.7. The van der Waals surface area contributed by atoms with E-state index in [1.54, 1.807) is 46.0 Å². The van der Waals surface area contributed by atoms with Gasteiger partial charge in [0.2, 0.25) is 0 Å². The van der Waals surface area contributed by atoms with Crippen LogP contribution < -0.4 is 21.1 Å². The van der Waals surface area contributed by atoms with E-state index in [9.17, 15) is 14.9 Å². The van der Waals surface area contributed by atoms with Crippen LogP contribution in [0.15, 0.2) is 18.2 Å². The number of nitrogens with zero attached hydrogens (tertiary/aromatic N) is 2. The third kappa shape index (κ3) is 5.22. The van der Waals surface area contributed by atoms with Crippen LogP contribution >= 0.6 is 0 Å². The van der Waals surface area contributed by atoms with Gasteiger partial charge in [0.05, 0.1) is 4.92 Å². The van der Waals surface area contributed by atoms with Crippen molar-refractivity contribution in [3.8, 4) is 0 Å². The standard InChI is InChI=1S/C17H27N5O4/c1-17(2,3)26-16(23)20-19-12-7-6-10-21(11-12)14-9-5-8-13(18-4)15(14)22(24)25/h5,8-9,12,18-19H,6-7,10-11H2,1-4H3,(H,20,23). The maximum absolute atomic E-state index is 11.8. The molecule has 0 spiro atoms. The van der Waals surface area contributed by atoms with Crippen molar-refractivity contribution in [2.45, 2.75) is 45.3 Å². The normalized spacial score (nSPS) is 17.5. The van der Waals surface area contributed by atoms with Crippen LogP contribution in [0, 0.1) is 10.1 Å². The Morgan fingerprint density at radius 3 is 2.73 bits per heavy atom. The summed E-state index contributed by atoms with van der Waals surface area (Å²) >= 11 is 0. The smallest absolute Gasteiger partial charge is 0.422 e. The lowest BCUT2D eigenvalue weighted by Gasteiger charge is -2.34. The average Bonchev–Trinajstić information content (AvgIpc) is 2.58. The predicted molar refractivity (Wildman–Crippen MR) is 100 cm³/mol. The molecule has 1 aromatic carbocycles. The van der Waals surface area contributed by atoms with Crippen LogP contribution in [0.1, 0.15) is 33.6 Å². The number of hydrogen-bond acceptors (Lipinski definition) is 7. The fraction of sp³-hybridized carbons (Fsp3) is 0.588. The van der Waals surface area contributed by atoms with Crippen LogP contribution in [0.3, 0.4) is 0 Å². The molecule has 1 aromatic rings. The minimum atomic E-state index is -0.571. The first-order valence-electron chi connectivity index (χ1n) is 8.66. The number of anilines is 2. The van der Waals surface area contributed by atoms with Crippen molar-refractivity contribution in [1.29, 1.82) is 0 Å². The molecule has 0 aromatic heterocycles. The number of carbonyl (C=O) groups excluding carboxylic acids is 1. The first-order chi connectivity index (χ1) is 12.2. The molecule has 1 fully saturated rings. The molecule has 1 aliphatic rings. The highest BCUT2D eigenvalue weighted by Gasteiger charge is 2.28. The predicted octanol–water partition coefficient (Wildman–Crippen LogP) is 2.63. The Labute approximate surface area is 153 Å². The van der Waals surface area contributed by atoms with Crippen molar-refractivity contribution >= 4 is 23.2 Å². The molecule has 144 valence electrons. The number of hydrazine groups is 1. The van der Waals surface area contributed by atoms with Crippen molar-refractivity contribution in [3.05, 3.63) is 28.3 Å². The van der Waals surface area contributed by atoms with Crippen molar-refractivity contribution < 1.29 is 14.5 Å². The molecule has 9 nitrogen and oxygen atoms in total. The Balaban J connectivity index is 2.05. The molecule has 1 saturated heterocycles. The number of piperidine rings is 1. The number of nitrogens with one attached hydrogen (secondary N) is 3. The number of hydrogen-bond donors (Lipinski definition) is 3. The van der Waals surface area contributed by atoms with E-state index in [4.69, 9.17) is 4.74 Å². The van der Waals surface area contributed by atoms with Crippen molar-refractivity contribution in [3.63, 3.8) is 0 Å². The van der Waals surface area contributed by atoms with Gasteiger partial charge in [-0.1, -0.05) is 6.07 Å². The molecule has 9 heteroatoms. The molecular weight excluding hydrogens is 338 g/mol. The van der Waals surface area contributed by atoms with Crippen LogP contribution in [0.5, 0.6) is 0 Å². The zero-order chi connectivity index (χ0) is 19.3. The first-order valence-corrected chi connectivity index (χ1v) is 8.66. The summed E-state index contributed by atoms with van der Waals surface area (Å²) in [6.07, 6.45) is 1.17. The van der Waals surface area contributed by atoms with Gasteiger partial charge in [-0.2, -0.15) is 0 Å². The fourth-order valence-corrected chi connectivity index (χ4v) is 2.96. The lowest BCUT2D eigenvalue weighted by molar-refractivity contribution is -0.383. The van der Waals surface area contributed by atoms with Gasteiger partial charge in [-0.25, -0.2) is 10.2 Å². The molecule has 1 heterocycles. The molecule has 0 radical (unpaired) electrons. The van der Waals surface area contributed by atoms with Gasteiger partial charge in [-0.05, 0) is 45.7 Å². The van der Waals surface area contributed by atoms with Gasteiger partial charge in [-0.3, -0.25) is 15.5 Å². The number of ether oxygens (including phenoxy) is 1. The van der Waals surface area contributed by atoms with Crippen molar-refractivity contribution in [2.24, 2.45) is 0 Å². The Morgan fingerprint density at radius 1 is 1.38 bits per heavy atom. The summed E-state index contributed by atoms with van der Waals surface area (Å²) in [6, 6.07) is 5.20. The van der Waals surface area contributed by atoms with E-state index in [0.29, 0.717) is 17.9 Å². The number of rotatable bonds is 5. The maximum Gasteiger partial charge on any atom is 0.422 e. The van der Waals surface area contributed by atoms with E-state index in [0.717, 1.165) is 19.4 Å². The lowest BCUT2D eigenvalue weighted by Crippen LogP contribution is -2.53. The summed E-state index contributed by atoms with van der Waals surface area (Å²) in [4.78, 5) is 24.9. The van der Waals surface area contributed by atoms with Gasteiger partial charge in [0.15, 0.2) is 0 Å². The molecule has 1 atom stereocenters. The number of benzene rings is 1. The number of nitro benzene ring substituents is 1. The molecule has 2 rings (SSSR count). The number of carbonyl (C=O) groups is 1. The van der Waals surface area contributed by atoms with Gasteiger partial charge in [-0.15, -0.1) is 0 Å². The summed E-state index contributed by atoms with van der Waals surface area (Å²) in [6.45, 7) is 6.65. The molecular formula is C17H27N5O4. The highest BCUT2D eigenvalue weighted by molar-refractivity contribution is 5.77. The summed E-state index contributed by atoms with van der Waals surface area (Å²) in [5, 5.41) is 14.4. The van der Waals surface area contributed by atoms with E-state index in [1.165, 1.54) is 0 Å². The maximum atomic E-state index is 11.8. The molecule has 1 unspecified atom stereocenters. The summed E-state index contributed by atoms with van der Waals surface area (Å²) in [7, 11) is 1.66. The fourth-order valence-electron chi connectivity index (χ4n) is 2.96. The minimum absolute atomic E-state index is 0.0332. The zero-order valence-electron chi connectivity index (χ0n) is 15.7. The monoisotopic (exact) mass is 365 g/mol. The molecule has 0 aliphatic carbocycles. The molecule has 0 bridgehead atoms. The van der Waals surface area contributed by atoms with E-state index in [-0.39, 0.29) is 16.7 Å². The summed E-state index contributed by atoms with van der Waals surface area (Å²) in [5.74, 6) is 0. The van der Waals surface area contributed by atoms with Crippen molar-refractivity contribution in [1.82, 2.24) is 10.9 Å². The van der Waals surface area contributed by atoms with Gasteiger partial charge in [0.1, 0.15) is 17.0 Å². The van der Waals surface area contributed by atoms with Crippen LogP contribution in [-0.4, -0.2) is 42.8 Å². The summed E-state index contributed by atoms with van der Waals surface area (Å²) in [5.41, 5.74) is 6.08. The van der Waals surface area contributed by atoms with Crippen LogP contribution in [0.4, 0.5) is 21.9 Å². The van der Waals surface area contributed by atoms with Gasteiger partial charge in [0, 0.05) is 26.2 Å². The molecule has 0 saturated carbocycles. The number of amides is 1. The SMILES string of the molecule is CNc1cccc(N2CCCC(NNC(=O)OC(C)(C)C)C2)c1[N+](=O)[O-]. The van der Waals surface area contributed by atoms with E-state index in [2.05, 4.69) is 16.2 Å². The number of para-hydroxylation sites is 1. The van der Waals surface area contributed by atoms with E-state index < -0.39 is 11.7 Å². The van der Waals surface area contributed by atoms with Gasteiger partial charge < -0.3 is 15.0 Å². The second kappa shape index (κ2) is 8.22. The third-order valence-electron chi connectivity index (χ3n) is 4.01. The third-order valence-corrected chi connectivity index (χ3v) is 4.01. The van der Waals surface area contributed by atoms with Crippen LogP contribution in [0.2, 0.25) is 0 Å². The second-order valence-corrected chi connectivity index (χ2v) is 7.24. The molecule has 3 N–H and O–H groups in total. The minimum Gasteiger partial charge on any atom is -0.443 e. The quantitative estimate of drug-likeness (QED) is 0.543. The Bertz CT molecular complexity index is 659. The van der Waals surface area contributed by atoms with Crippen molar-refractivity contribution in [2.75, 3.05) is 30.4 Å². The Hall–Kier alpha value is -2.55. The van der Waals surface area contributed by atoms with E-state index >= 15 is 0 Å². The average molecular weight is 365 g/mol. The number of nitro groups is 1. The molecule has 1 aliphatic heterocycles. The second-order valence-electron chi connectivity index (χ2n) is 7.24.